The maximum Gasteiger partial charge on any atom is 0.407 e. The van der Waals surface area contributed by atoms with Crippen molar-refractivity contribution < 1.29 is 14.3 Å². The van der Waals surface area contributed by atoms with E-state index in [4.69, 9.17) is 4.74 Å². The van der Waals surface area contributed by atoms with Crippen molar-refractivity contribution in [1.82, 2.24) is 5.32 Å². The monoisotopic (exact) mass is 261 g/mol. The third-order valence-electron chi connectivity index (χ3n) is 3.39. The molecule has 2 rings (SSSR count). The number of carbonyl (C=O) groups excluding carboxylic acids is 2. The van der Waals surface area contributed by atoms with E-state index in [2.05, 4.69) is 5.32 Å². The van der Waals surface area contributed by atoms with Gasteiger partial charge in [0.25, 0.3) is 0 Å². The zero-order valence-corrected chi connectivity index (χ0v) is 10.9. The molecule has 0 saturated heterocycles. The van der Waals surface area contributed by atoms with Crippen LogP contribution in [-0.2, 0) is 16.1 Å². The van der Waals surface area contributed by atoms with Gasteiger partial charge in [0.05, 0.1) is 6.61 Å². The molecule has 0 radical (unpaired) electrons. The standard InChI is InChI=1S/C15H19NO3/c17-14-8-6-13(7-9-14)11-19-15(18)16-10-12-4-2-1-3-5-12/h1-5,13H,6-11H2,(H,16,18). The number of carbonyl (C=O) groups is 2. The summed E-state index contributed by atoms with van der Waals surface area (Å²) in [5.74, 6) is 0.657. The molecule has 1 aromatic rings. The largest absolute Gasteiger partial charge is 0.449 e. The zero-order valence-electron chi connectivity index (χ0n) is 10.9. The molecule has 0 heterocycles. The van der Waals surface area contributed by atoms with Crippen molar-refractivity contribution >= 4 is 11.9 Å². The third-order valence-corrected chi connectivity index (χ3v) is 3.39. The van der Waals surface area contributed by atoms with E-state index < -0.39 is 0 Å². The van der Waals surface area contributed by atoms with E-state index in [0.717, 1.165) is 18.4 Å². The van der Waals surface area contributed by atoms with Crippen molar-refractivity contribution in [2.45, 2.75) is 32.2 Å². The van der Waals surface area contributed by atoms with Crippen LogP contribution >= 0.6 is 0 Å². The maximum absolute atomic E-state index is 11.5. The normalized spacial score (nSPS) is 16.1. The van der Waals surface area contributed by atoms with Crippen LogP contribution in [0.15, 0.2) is 30.3 Å². The van der Waals surface area contributed by atoms with E-state index in [1.54, 1.807) is 0 Å². The molecule has 1 amide bonds. The number of rotatable bonds is 4. The van der Waals surface area contributed by atoms with Gasteiger partial charge in [0.15, 0.2) is 0 Å². The molecule has 0 unspecified atom stereocenters. The predicted octanol–water partition coefficient (Wildman–Crippen LogP) is 2.67. The number of hydrogen-bond donors (Lipinski definition) is 1. The van der Waals surface area contributed by atoms with Gasteiger partial charge in [0, 0.05) is 19.4 Å². The lowest BCUT2D eigenvalue weighted by Crippen LogP contribution is -2.27. The minimum absolute atomic E-state index is 0.324. The highest BCUT2D eigenvalue weighted by atomic mass is 16.5. The Bertz CT molecular complexity index is 420. The van der Waals surface area contributed by atoms with Crippen LogP contribution in [0.1, 0.15) is 31.2 Å². The molecule has 0 bridgehead atoms. The second kappa shape index (κ2) is 6.92. The highest BCUT2D eigenvalue weighted by Gasteiger charge is 2.19. The Hall–Kier alpha value is -1.84. The quantitative estimate of drug-likeness (QED) is 0.906. The molecule has 4 heteroatoms. The second-order valence-corrected chi connectivity index (χ2v) is 4.92. The van der Waals surface area contributed by atoms with Crippen LogP contribution in [0.25, 0.3) is 0 Å². The first kappa shape index (κ1) is 13.6. The van der Waals surface area contributed by atoms with Crippen LogP contribution in [0.3, 0.4) is 0 Å². The first-order valence-corrected chi connectivity index (χ1v) is 6.70. The van der Waals surface area contributed by atoms with Gasteiger partial charge < -0.3 is 10.1 Å². The molecular formula is C15H19NO3. The van der Waals surface area contributed by atoms with E-state index in [-0.39, 0.29) is 6.09 Å². The molecule has 1 aliphatic rings. The molecule has 0 aliphatic heterocycles. The van der Waals surface area contributed by atoms with E-state index in [1.807, 2.05) is 30.3 Å². The third kappa shape index (κ3) is 4.73. The van der Waals surface area contributed by atoms with Gasteiger partial charge in [-0.2, -0.15) is 0 Å². The van der Waals surface area contributed by atoms with Gasteiger partial charge in [-0.3, -0.25) is 4.79 Å². The number of amides is 1. The summed E-state index contributed by atoms with van der Waals surface area (Å²) in [4.78, 5) is 22.6. The SMILES string of the molecule is O=C1CCC(COC(=O)NCc2ccccc2)CC1. The van der Waals surface area contributed by atoms with Crippen molar-refractivity contribution in [2.75, 3.05) is 6.61 Å². The van der Waals surface area contributed by atoms with Crippen LogP contribution in [0, 0.1) is 5.92 Å². The minimum atomic E-state index is -0.388. The van der Waals surface area contributed by atoms with Crippen LogP contribution in [0.5, 0.6) is 0 Å². The summed E-state index contributed by atoms with van der Waals surface area (Å²) in [6, 6.07) is 9.70. The molecule has 1 aromatic carbocycles. The van der Waals surface area contributed by atoms with Crippen molar-refractivity contribution in [3.05, 3.63) is 35.9 Å². The summed E-state index contributed by atoms with van der Waals surface area (Å²) >= 11 is 0. The molecule has 1 N–H and O–H groups in total. The van der Waals surface area contributed by atoms with E-state index in [0.29, 0.717) is 37.7 Å². The summed E-state index contributed by atoms with van der Waals surface area (Å²) in [5.41, 5.74) is 1.04. The van der Waals surface area contributed by atoms with Crippen LogP contribution in [-0.4, -0.2) is 18.5 Å². The van der Waals surface area contributed by atoms with Crippen molar-refractivity contribution in [1.29, 1.82) is 0 Å². The van der Waals surface area contributed by atoms with Crippen molar-refractivity contribution in [2.24, 2.45) is 5.92 Å². The zero-order chi connectivity index (χ0) is 13.5. The summed E-state index contributed by atoms with van der Waals surface area (Å²) in [6.45, 7) is 0.886. The highest BCUT2D eigenvalue weighted by molar-refractivity contribution is 5.79. The lowest BCUT2D eigenvalue weighted by atomic mass is 9.89. The smallest absolute Gasteiger partial charge is 0.407 e. The molecule has 0 aromatic heterocycles. The van der Waals surface area contributed by atoms with Crippen molar-refractivity contribution in [3.63, 3.8) is 0 Å². The number of ketones is 1. The van der Waals surface area contributed by atoms with Gasteiger partial charge in [-0.1, -0.05) is 30.3 Å². The number of ether oxygens (including phenoxy) is 1. The van der Waals surface area contributed by atoms with E-state index >= 15 is 0 Å². The van der Waals surface area contributed by atoms with Crippen LogP contribution in [0.4, 0.5) is 4.79 Å². The Labute approximate surface area is 113 Å². The number of benzene rings is 1. The summed E-state index contributed by atoms with van der Waals surface area (Å²) in [5, 5.41) is 2.72. The van der Waals surface area contributed by atoms with Gasteiger partial charge in [-0.15, -0.1) is 0 Å². The average molecular weight is 261 g/mol. The summed E-state index contributed by atoms with van der Waals surface area (Å²) in [6.07, 6.45) is 2.54. The van der Waals surface area contributed by atoms with Gasteiger partial charge in [0.2, 0.25) is 0 Å². The maximum atomic E-state index is 11.5. The highest BCUT2D eigenvalue weighted by Crippen LogP contribution is 2.21. The lowest BCUT2D eigenvalue weighted by molar-refractivity contribution is -0.121. The number of alkyl carbamates (subject to hydrolysis) is 1. The molecular weight excluding hydrogens is 242 g/mol. The van der Waals surface area contributed by atoms with Crippen LogP contribution < -0.4 is 5.32 Å². The number of nitrogens with one attached hydrogen (secondary N) is 1. The summed E-state index contributed by atoms with van der Waals surface area (Å²) in [7, 11) is 0. The molecule has 19 heavy (non-hydrogen) atoms. The molecule has 1 saturated carbocycles. The van der Waals surface area contributed by atoms with Gasteiger partial charge >= 0.3 is 6.09 Å². The second-order valence-electron chi connectivity index (χ2n) is 4.92. The van der Waals surface area contributed by atoms with E-state index in [9.17, 15) is 9.59 Å². The molecule has 1 aliphatic carbocycles. The topological polar surface area (TPSA) is 55.4 Å². The van der Waals surface area contributed by atoms with Gasteiger partial charge in [0.1, 0.15) is 5.78 Å². The predicted molar refractivity (Wildman–Crippen MR) is 71.6 cm³/mol. The molecule has 0 spiro atoms. The Kier molecular flexibility index (Phi) is 4.95. The molecule has 0 atom stereocenters. The average Bonchev–Trinajstić information content (AvgIpc) is 2.45. The fourth-order valence-electron chi connectivity index (χ4n) is 2.18. The summed E-state index contributed by atoms with van der Waals surface area (Å²) < 4.78 is 5.18. The molecule has 102 valence electrons. The first-order valence-electron chi connectivity index (χ1n) is 6.70. The fourth-order valence-corrected chi connectivity index (χ4v) is 2.18. The number of Topliss-reactive ketones (excluding diaryl/α,β-unsaturated/α-hetero) is 1. The Morgan fingerprint density at radius 2 is 1.89 bits per heavy atom. The molecule has 1 fully saturated rings. The van der Waals surface area contributed by atoms with Gasteiger partial charge in [-0.05, 0) is 24.3 Å². The van der Waals surface area contributed by atoms with E-state index in [1.165, 1.54) is 0 Å². The fraction of sp³-hybridized carbons (Fsp3) is 0.467. The Balaban J connectivity index is 1.63. The van der Waals surface area contributed by atoms with Gasteiger partial charge in [-0.25, -0.2) is 4.79 Å². The van der Waals surface area contributed by atoms with Crippen molar-refractivity contribution in [3.8, 4) is 0 Å². The minimum Gasteiger partial charge on any atom is -0.449 e. The Morgan fingerprint density at radius 1 is 1.21 bits per heavy atom. The lowest BCUT2D eigenvalue weighted by Gasteiger charge is -2.20. The molecule has 4 nitrogen and oxygen atoms in total. The first-order chi connectivity index (χ1) is 9.24. The Morgan fingerprint density at radius 3 is 2.58 bits per heavy atom. The number of hydrogen-bond acceptors (Lipinski definition) is 3. The van der Waals surface area contributed by atoms with Crippen LogP contribution in [0.2, 0.25) is 0 Å².